The largest absolute Gasteiger partial charge is 0.461 e. The van der Waals surface area contributed by atoms with Gasteiger partial charge in [0.05, 0.1) is 6.20 Å². The molecule has 0 spiro atoms. The van der Waals surface area contributed by atoms with Crippen LogP contribution in [-0.4, -0.2) is 9.97 Å². The van der Waals surface area contributed by atoms with Gasteiger partial charge in [-0.1, -0.05) is 22.0 Å². The Morgan fingerprint density at radius 1 is 1.64 bits per heavy atom. The van der Waals surface area contributed by atoms with Crippen LogP contribution < -0.4 is 4.74 Å². The van der Waals surface area contributed by atoms with Gasteiger partial charge in [0.15, 0.2) is 4.99 Å². The first-order valence-corrected chi connectivity index (χ1v) is 4.79. The third-order valence-corrected chi connectivity index (χ3v) is 3.61. The van der Waals surface area contributed by atoms with Crippen molar-refractivity contribution in [3.63, 3.8) is 0 Å². The fraction of sp³-hybridized carbons (Fsp3) is 0.286. The van der Waals surface area contributed by atoms with Crippen LogP contribution >= 0.6 is 31.9 Å². The third kappa shape index (κ3) is 1.18. The van der Waals surface area contributed by atoms with Gasteiger partial charge in [-0.3, -0.25) is 0 Å². The second kappa shape index (κ2) is 2.75. The summed E-state index contributed by atoms with van der Waals surface area (Å²) in [6.07, 6.45) is 1.65. The highest BCUT2D eigenvalue weighted by Gasteiger charge is 2.30. The third-order valence-electron chi connectivity index (χ3n) is 1.47. The van der Waals surface area contributed by atoms with Gasteiger partial charge in [0.1, 0.15) is 0 Å². The van der Waals surface area contributed by atoms with Crippen LogP contribution in [0.4, 0.5) is 0 Å². The van der Waals surface area contributed by atoms with Crippen LogP contribution in [0.3, 0.4) is 0 Å². The molecule has 0 bridgehead atoms. The van der Waals surface area contributed by atoms with Gasteiger partial charge in [-0.2, -0.15) is 0 Å². The predicted molar refractivity (Wildman–Crippen MR) is 49.2 cm³/mol. The fourth-order valence-corrected chi connectivity index (χ4v) is 1.79. The minimum Gasteiger partial charge on any atom is -0.461 e. The van der Waals surface area contributed by atoms with E-state index < -0.39 is 4.99 Å². The number of nitrogens with zero attached hydrogens (tertiary/aromatic N) is 1. The molecule has 0 unspecified atom stereocenters. The number of halogens is 2. The van der Waals surface area contributed by atoms with Crippen LogP contribution in [-0.2, 0) is 0 Å². The molecular formula is C7H5Br2NO. The van der Waals surface area contributed by atoms with E-state index >= 15 is 0 Å². The number of pyridine rings is 1. The summed E-state index contributed by atoms with van der Waals surface area (Å²) in [4.78, 5) is 2.71. The lowest BCUT2D eigenvalue weighted by molar-refractivity contribution is 0.318. The molecule has 2 heterocycles. The van der Waals surface area contributed by atoms with E-state index in [9.17, 15) is 0 Å². The zero-order valence-corrected chi connectivity index (χ0v) is 8.59. The molecule has 0 amide bonds. The maximum atomic E-state index is 7.69. The van der Waals surface area contributed by atoms with Gasteiger partial charge in [0.2, 0.25) is 5.88 Å². The Morgan fingerprint density at radius 2 is 2.45 bits per heavy atom. The molecule has 0 radical (unpaired) electrons. The quantitative estimate of drug-likeness (QED) is 0.681. The van der Waals surface area contributed by atoms with E-state index in [2.05, 4.69) is 36.8 Å². The van der Waals surface area contributed by atoms with E-state index in [0.29, 0.717) is 5.88 Å². The van der Waals surface area contributed by atoms with Gasteiger partial charge in [-0.15, -0.1) is 0 Å². The second-order valence-corrected chi connectivity index (χ2v) is 3.86. The molecule has 2 atom stereocenters. The molecule has 0 aliphatic carbocycles. The minimum absolute atomic E-state index is 0.173. The second-order valence-electron chi connectivity index (χ2n) is 2.17. The van der Waals surface area contributed by atoms with Crippen LogP contribution in [0, 0.1) is 0 Å². The van der Waals surface area contributed by atoms with Gasteiger partial charge in [0.25, 0.3) is 0 Å². The molecule has 1 aliphatic heterocycles. The first-order valence-electron chi connectivity index (χ1n) is 3.58. The highest BCUT2D eigenvalue weighted by Crippen LogP contribution is 2.42. The normalized spacial score (nSPS) is 35.8. The van der Waals surface area contributed by atoms with Crippen LogP contribution in [0.15, 0.2) is 18.3 Å². The first kappa shape index (κ1) is 6.43. The zero-order chi connectivity index (χ0) is 8.77. The highest BCUT2D eigenvalue weighted by molar-refractivity contribution is 9.12. The number of fused-ring (bicyclic) bond motifs is 1. The first-order chi connectivity index (χ1) is 5.61. The van der Waals surface area contributed by atoms with Crippen LogP contribution in [0.2, 0.25) is 0 Å². The molecular weight excluding hydrogens is 274 g/mol. The summed E-state index contributed by atoms with van der Waals surface area (Å²) < 4.78 is 12.9. The molecule has 1 aliphatic rings. The number of hydrogen-bond acceptors (Lipinski definition) is 2. The van der Waals surface area contributed by atoms with Crippen molar-refractivity contribution in [1.29, 1.82) is 0 Å². The molecule has 58 valence electrons. The lowest BCUT2D eigenvalue weighted by Gasteiger charge is -2.02. The Kier molecular flexibility index (Phi) is 1.61. The fourth-order valence-electron chi connectivity index (χ4n) is 0.948. The Labute approximate surface area is 82.6 Å². The maximum absolute atomic E-state index is 7.69. The lowest BCUT2D eigenvalue weighted by atomic mass is 10.2. The molecule has 4 heteroatoms. The standard InChI is InChI=1S/C7H5Br2NO/c8-5-4-2-1-3-10-7(4)11-6(5)9/h1-3,5-6H/t5-,6-/m1/s1/i6D. The number of ether oxygens (including phenoxy) is 1. The van der Waals surface area contributed by atoms with Gasteiger partial charge in [-0.05, 0) is 22.0 Å². The van der Waals surface area contributed by atoms with Crippen LogP contribution in [0.25, 0.3) is 0 Å². The molecule has 0 fully saturated rings. The van der Waals surface area contributed by atoms with Crippen molar-refractivity contribution in [3.8, 4) is 5.88 Å². The molecule has 0 saturated heterocycles. The van der Waals surface area contributed by atoms with E-state index in [0.717, 1.165) is 5.56 Å². The average molecular weight is 280 g/mol. The summed E-state index contributed by atoms with van der Waals surface area (Å²) in [5, 5.41) is 0. The molecule has 2 rings (SSSR count). The predicted octanol–water partition coefficient (Wildman–Crippen LogP) is 2.63. The van der Waals surface area contributed by atoms with Crippen molar-refractivity contribution in [2.45, 2.75) is 9.82 Å². The van der Waals surface area contributed by atoms with E-state index in [1.165, 1.54) is 0 Å². The number of rotatable bonds is 0. The van der Waals surface area contributed by atoms with Crippen molar-refractivity contribution in [2.75, 3.05) is 0 Å². The van der Waals surface area contributed by atoms with Crippen molar-refractivity contribution in [1.82, 2.24) is 4.98 Å². The van der Waals surface area contributed by atoms with Gasteiger partial charge in [0, 0.05) is 11.8 Å². The SMILES string of the molecule is [2H][C@@]1(Br)Oc2ncccc2[C@H]1Br. The van der Waals surface area contributed by atoms with Gasteiger partial charge < -0.3 is 4.74 Å². The van der Waals surface area contributed by atoms with Crippen molar-refractivity contribution in [2.24, 2.45) is 0 Å². The monoisotopic (exact) mass is 278 g/mol. The number of aromatic nitrogens is 1. The smallest absolute Gasteiger partial charge is 0.219 e. The van der Waals surface area contributed by atoms with E-state index in [1.54, 1.807) is 6.20 Å². The summed E-state index contributed by atoms with van der Waals surface area (Å²) in [5.74, 6) is 0.520. The van der Waals surface area contributed by atoms with Crippen LogP contribution in [0.5, 0.6) is 5.88 Å². The Balaban J connectivity index is 2.49. The van der Waals surface area contributed by atoms with E-state index in [1.807, 2.05) is 12.1 Å². The maximum Gasteiger partial charge on any atom is 0.219 e. The van der Waals surface area contributed by atoms with E-state index in [-0.39, 0.29) is 4.83 Å². The molecule has 11 heavy (non-hydrogen) atoms. The molecule has 1 aromatic heterocycles. The molecule has 2 nitrogen and oxygen atoms in total. The molecule has 0 saturated carbocycles. The molecule has 0 N–H and O–H groups in total. The Hall–Kier alpha value is -0.0900. The highest BCUT2D eigenvalue weighted by atomic mass is 79.9. The van der Waals surface area contributed by atoms with Gasteiger partial charge in [-0.25, -0.2) is 4.98 Å². The zero-order valence-electron chi connectivity index (χ0n) is 6.42. The topological polar surface area (TPSA) is 22.1 Å². The summed E-state index contributed by atoms with van der Waals surface area (Å²) >= 11 is 6.51. The van der Waals surface area contributed by atoms with Crippen molar-refractivity contribution in [3.05, 3.63) is 23.9 Å². The molecule has 1 aromatic rings. The minimum atomic E-state index is -1.12. The summed E-state index contributed by atoms with van der Waals surface area (Å²) in [6.45, 7) is 0. The van der Waals surface area contributed by atoms with Crippen LogP contribution in [0.1, 0.15) is 11.8 Å². The average Bonchev–Trinajstić information content (AvgIpc) is 2.24. The Bertz CT molecular complexity index is 318. The summed E-state index contributed by atoms with van der Waals surface area (Å²) in [7, 11) is 0. The number of hydrogen-bond donors (Lipinski definition) is 0. The van der Waals surface area contributed by atoms with Crippen molar-refractivity contribution >= 4 is 31.9 Å². The lowest BCUT2D eigenvalue weighted by Crippen LogP contribution is -2.03. The Morgan fingerprint density at radius 3 is 3.18 bits per heavy atom. The summed E-state index contributed by atoms with van der Waals surface area (Å²) in [6, 6.07) is 3.71. The molecule has 0 aromatic carbocycles. The van der Waals surface area contributed by atoms with Gasteiger partial charge >= 0.3 is 0 Å². The summed E-state index contributed by atoms with van der Waals surface area (Å²) in [5.41, 5.74) is 0.907. The van der Waals surface area contributed by atoms with Crippen molar-refractivity contribution < 1.29 is 6.11 Å². The number of alkyl halides is 2. The van der Waals surface area contributed by atoms with E-state index in [4.69, 9.17) is 6.11 Å².